The molecule has 4 aromatic carbocycles. The van der Waals surface area contributed by atoms with Crippen molar-refractivity contribution in [1.29, 1.82) is 0 Å². The minimum absolute atomic E-state index is 0.143. The third kappa shape index (κ3) is 2.36. The van der Waals surface area contributed by atoms with E-state index in [-0.39, 0.29) is 6.54 Å². The van der Waals surface area contributed by atoms with Gasteiger partial charge in [0.1, 0.15) is 12.4 Å². The highest BCUT2D eigenvalue weighted by Gasteiger charge is 2.14. The van der Waals surface area contributed by atoms with Crippen LogP contribution in [0.15, 0.2) is 65.7 Å². The van der Waals surface area contributed by atoms with E-state index in [0.717, 1.165) is 32.4 Å². The van der Waals surface area contributed by atoms with E-state index in [1.807, 2.05) is 42.5 Å². The number of aromatic nitrogens is 2. The van der Waals surface area contributed by atoms with E-state index in [2.05, 4.69) is 29.3 Å². The van der Waals surface area contributed by atoms with Crippen molar-refractivity contribution in [2.24, 2.45) is 4.99 Å². The number of rotatable bonds is 3. The molecule has 0 aliphatic carbocycles. The molecule has 0 radical (unpaired) electrons. The Morgan fingerprint density at radius 2 is 1.82 bits per heavy atom. The van der Waals surface area contributed by atoms with Crippen molar-refractivity contribution in [2.45, 2.75) is 6.54 Å². The smallest absolute Gasteiger partial charge is 0.323 e. The molecule has 0 spiro atoms. The largest absolute Gasteiger partial charge is 0.480 e. The van der Waals surface area contributed by atoms with E-state index in [0.29, 0.717) is 5.82 Å². The summed E-state index contributed by atoms with van der Waals surface area (Å²) in [6.45, 7) is -0.143. The Balaban J connectivity index is 1.92. The Labute approximate surface area is 160 Å². The fourth-order valence-electron chi connectivity index (χ4n) is 4.06. The third-order valence-corrected chi connectivity index (χ3v) is 5.18. The van der Waals surface area contributed by atoms with Crippen molar-refractivity contribution in [3.05, 3.63) is 77.1 Å². The summed E-state index contributed by atoms with van der Waals surface area (Å²) >= 11 is 0. The van der Waals surface area contributed by atoms with Gasteiger partial charge in [0.2, 0.25) is 0 Å². The van der Waals surface area contributed by atoms with E-state index in [9.17, 15) is 9.90 Å². The average Bonchev–Trinajstić information content (AvgIpc) is 3.19. The lowest BCUT2D eigenvalue weighted by molar-refractivity contribution is -0.137. The van der Waals surface area contributed by atoms with Crippen LogP contribution in [-0.2, 0) is 11.3 Å². The van der Waals surface area contributed by atoms with E-state index in [4.69, 9.17) is 4.98 Å². The van der Waals surface area contributed by atoms with Gasteiger partial charge in [-0.05, 0) is 34.4 Å². The van der Waals surface area contributed by atoms with Gasteiger partial charge in [-0.2, -0.15) is 0 Å². The van der Waals surface area contributed by atoms with Crippen LogP contribution >= 0.6 is 0 Å². The number of fused-ring (bicyclic) bond motifs is 1. The SMILES string of the molecule is CN=c1/c(=C\c2nc3ccccc3n2CC(=O)O)c2cccc3cccc1c32. The molecule has 0 amide bonds. The molecule has 0 saturated carbocycles. The molecule has 1 heterocycles. The zero-order valence-electron chi connectivity index (χ0n) is 15.3. The minimum Gasteiger partial charge on any atom is -0.480 e. The van der Waals surface area contributed by atoms with Gasteiger partial charge < -0.3 is 9.67 Å². The Kier molecular flexibility index (Phi) is 3.62. The van der Waals surface area contributed by atoms with Gasteiger partial charge in [0.15, 0.2) is 0 Å². The molecule has 1 aromatic heterocycles. The number of nitrogens with zero attached hydrogens (tertiary/aromatic N) is 3. The van der Waals surface area contributed by atoms with Gasteiger partial charge >= 0.3 is 5.97 Å². The second-order valence-electron chi connectivity index (χ2n) is 6.78. The lowest BCUT2D eigenvalue weighted by atomic mass is 10.1. The Bertz CT molecular complexity index is 1480. The van der Waals surface area contributed by atoms with Crippen LogP contribution in [0.5, 0.6) is 0 Å². The molecule has 5 aromatic rings. The summed E-state index contributed by atoms with van der Waals surface area (Å²) in [6, 6.07) is 20.0. The van der Waals surface area contributed by atoms with Crippen LogP contribution in [0.3, 0.4) is 0 Å². The number of hydrogen-bond donors (Lipinski definition) is 1. The van der Waals surface area contributed by atoms with Crippen molar-refractivity contribution in [3.8, 4) is 0 Å². The van der Waals surface area contributed by atoms with Gasteiger partial charge in [0.25, 0.3) is 0 Å². The highest BCUT2D eigenvalue weighted by molar-refractivity contribution is 6.11. The maximum Gasteiger partial charge on any atom is 0.323 e. The van der Waals surface area contributed by atoms with Crippen molar-refractivity contribution < 1.29 is 9.90 Å². The molecule has 0 bridgehead atoms. The summed E-state index contributed by atoms with van der Waals surface area (Å²) in [5.41, 5.74) is 1.58. The standard InChI is InChI=1S/C23H17N3O2/c1-24-23-16-9-5-7-14-6-4-8-15(22(14)16)17(23)12-20-25-18-10-2-3-11-19(18)26(20)13-21(27)28/h2-12H,13H2,1H3,(H,27,28)/b17-12-,24-23?. The topological polar surface area (TPSA) is 67.5 Å². The Hall–Kier alpha value is -3.73. The molecular formula is C23H17N3O2. The molecule has 136 valence electrons. The maximum atomic E-state index is 11.5. The molecular weight excluding hydrogens is 350 g/mol. The van der Waals surface area contributed by atoms with E-state index in [1.54, 1.807) is 11.6 Å². The lowest BCUT2D eigenvalue weighted by Crippen LogP contribution is -2.22. The molecule has 5 nitrogen and oxygen atoms in total. The fourth-order valence-corrected chi connectivity index (χ4v) is 4.06. The number of imidazole rings is 1. The van der Waals surface area contributed by atoms with Crippen LogP contribution in [0.1, 0.15) is 5.82 Å². The predicted octanol–water partition coefficient (Wildman–Crippen LogP) is 2.94. The van der Waals surface area contributed by atoms with Crippen LogP contribution < -0.4 is 10.6 Å². The van der Waals surface area contributed by atoms with E-state index in [1.165, 1.54) is 10.8 Å². The molecule has 0 fully saturated rings. The normalized spacial score (nSPS) is 13.3. The van der Waals surface area contributed by atoms with Crippen LogP contribution in [-0.4, -0.2) is 27.7 Å². The quantitative estimate of drug-likeness (QED) is 0.533. The van der Waals surface area contributed by atoms with Gasteiger partial charge in [-0.1, -0.05) is 48.5 Å². The molecule has 1 N–H and O–H groups in total. The number of carbonyl (C=O) groups is 1. The number of aliphatic carboxylic acids is 1. The highest BCUT2D eigenvalue weighted by atomic mass is 16.4. The van der Waals surface area contributed by atoms with Crippen LogP contribution in [0, 0.1) is 0 Å². The van der Waals surface area contributed by atoms with Crippen molar-refractivity contribution in [2.75, 3.05) is 7.05 Å². The lowest BCUT2D eigenvalue weighted by Gasteiger charge is -2.02. The molecule has 0 atom stereocenters. The second kappa shape index (κ2) is 6.16. The Morgan fingerprint density at radius 1 is 1.07 bits per heavy atom. The van der Waals surface area contributed by atoms with Gasteiger partial charge in [-0.3, -0.25) is 9.79 Å². The Morgan fingerprint density at radius 3 is 2.57 bits per heavy atom. The monoisotopic (exact) mass is 367 g/mol. The maximum absolute atomic E-state index is 11.5. The molecule has 28 heavy (non-hydrogen) atoms. The first-order valence-electron chi connectivity index (χ1n) is 9.06. The summed E-state index contributed by atoms with van der Waals surface area (Å²) in [7, 11) is 1.79. The van der Waals surface area contributed by atoms with Crippen LogP contribution in [0.4, 0.5) is 0 Å². The summed E-state index contributed by atoms with van der Waals surface area (Å²) in [4.78, 5) is 20.7. The van der Waals surface area contributed by atoms with Crippen molar-refractivity contribution >= 4 is 44.6 Å². The first-order valence-corrected chi connectivity index (χ1v) is 9.06. The molecule has 0 aliphatic rings. The third-order valence-electron chi connectivity index (χ3n) is 5.18. The molecule has 0 unspecified atom stereocenters. The van der Waals surface area contributed by atoms with Gasteiger partial charge in [-0.15, -0.1) is 0 Å². The summed E-state index contributed by atoms with van der Waals surface area (Å²) in [5, 5.41) is 15.8. The van der Waals surface area contributed by atoms with Crippen molar-refractivity contribution in [3.63, 3.8) is 0 Å². The predicted molar refractivity (Wildman–Crippen MR) is 110 cm³/mol. The summed E-state index contributed by atoms with van der Waals surface area (Å²) in [5.74, 6) is -0.284. The zero-order chi connectivity index (χ0) is 19.3. The van der Waals surface area contributed by atoms with Gasteiger partial charge in [0.05, 0.1) is 16.4 Å². The number of carboxylic acids is 1. The zero-order valence-corrected chi connectivity index (χ0v) is 15.3. The summed E-state index contributed by atoms with van der Waals surface area (Å²) < 4.78 is 1.74. The van der Waals surface area contributed by atoms with Crippen molar-refractivity contribution in [1.82, 2.24) is 9.55 Å². The fraction of sp³-hybridized carbons (Fsp3) is 0.0870. The molecule has 5 rings (SSSR count). The molecule has 5 heteroatoms. The number of benzene rings is 3. The number of hydrogen-bond acceptors (Lipinski definition) is 3. The number of carboxylic acid groups (broad SMARTS) is 1. The minimum atomic E-state index is -0.899. The van der Waals surface area contributed by atoms with Crippen LogP contribution in [0.2, 0.25) is 0 Å². The van der Waals surface area contributed by atoms with Crippen LogP contribution in [0.25, 0.3) is 38.7 Å². The first-order chi connectivity index (χ1) is 13.7. The second-order valence-corrected chi connectivity index (χ2v) is 6.78. The van der Waals surface area contributed by atoms with E-state index < -0.39 is 5.97 Å². The number of para-hydroxylation sites is 2. The molecule has 0 aliphatic heterocycles. The highest BCUT2D eigenvalue weighted by Crippen LogP contribution is 2.23. The summed E-state index contributed by atoms with van der Waals surface area (Å²) in [6.07, 6.45) is 1.96. The first kappa shape index (κ1) is 16.4. The van der Waals surface area contributed by atoms with E-state index >= 15 is 0 Å². The van der Waals surface area contributed by atoms with Gasteiger partial charge in [0, 0.05) is 17.7 Å². The molecule has 0 saturated heterocycles. The van der Waals surface area contributed by atoms with Gasteiger partial charge in [-0.25, -0.2) is 4.98 Å². The average molecular weight is 367 g/mol.